The van der Waals surface area contributed by atoms with Gasteiger partial charge in [-0.1, -0.05) is 158 Å². The molecule has 1 nitrogen and oxygen atoms in total. The van der Waals surface area contributed by atoms with Gasteiger partial charge >= 0.3 is 0 Å². The Hall–Kier alpha value is -7.23. The number of hydrogen-bond donors (Lipinski definition) is 0. The van der Waals surface area contributed by atoms with Gasteiger partial charge in [0.25, 0.3) is 0 Å². The molecule has 0 saturated heterocycles. The molecule has 9 aromatic carbocycles. The summed E-state index contributed by atoms with van der Waals surface area (Å²) in [6, 6.07) is 60.0. The van der Waals surface area contributed by atoms with E-state index in [2.05, 4.69) is 121 Å². The standard InChI is InChI=1S/C53H29F2N/c54-33-27-42-38-24-25-39(53-50(38)43(49(42)44(55)28-33)29-45(56-53)30-13-4-1-5-14-30)34-23-26-41-48-35(34)21-12-22-40(48)51-46(31-15-6-2-7-16-31)36-19-10-11-20-37(36)47(52(41)51)32-17-8-3-9-18-32/h1-29H. The molecule has 10 aromatic rings. The Morgan fingerprint density at radius 1 is 0.321 bits per heavy atom. The first-order valence-corrected chi connectivity index (χ1v) is 18.9. The molecule has 1 heterocycles. The summed E-state index contributed by atoms with van der Waals surface area (Å²) in [6.07, 6.45) is 0. The number of halogens is 2. The number of aromatic nitrogens is 1. The van der Waals surface area contributed by atoms with Gasteiger partial charge in [-0.2, -0.15) is 0 Å². The molecule has 2 aliphatic carbocycles. The minimum absolute atomic E-state index is 0.424. The Bertz CT molecular complexity index is 3200. The van der Waals surface area contributed by atoms with E-state index in [9.17, 15) is 4.39 Å². The first kappa shape index (κ1) is 31.2. The Kier molecular flexibility index (Phi) is 6.47. The molecule has 12 rings (SSSR count). The van der Waals surface area contributed by atoms with Crippen molar-refractivity contribution < 1.29 is 8.78 Å². The van der Waals surface area contributed by atoms with E-state index in [0.29, 0.717) is 11.1 Å². The highest BCUT2D eigenvalue weighted by Gasteiger charge is 2.33. The molecule has 0 bridgehead atoms. The molecule has 0 amide bonds. The molecule has 0 radical (unpaired) electrons. The average molecular weight is 718 g/mol. The third kappa shape index (κ3) is 4.25. The van der Waals surface area contributed by atoms with Crippen molar-refractivity contribution in [2.24, 2.45) is 0 Å². The zero-order valence-electron chi connectivity index (χ0n) is 29.9. The number of nitrogens with zero attached hydrogens (tertiary/aromatic N) is 1. The van der Waals surface area contributed by atoms with Crippen molar-refractivity contribution in [1.82, 2.24) is 4.98 Å². The van der Waals surface area contributed by atoms with E-state index < -0.39 is 11.6 Å². The van der Waals surface area contributed by atoms with Gasteiger partial charge in [-0.25, -0.2) is 13.8 Å². The predicted octanol–water partition coefficient (Wildman–Crippen LogP) is 14.8. The Balaban J connectivity index is 1.19. The number of pyridine rings is 1. The molecular formula is C53H29F2N. The van der Waals surface area contributed by atoms with Gasteiger partial charge in [0.2, 0.25) is 0 Å². The second kappa shape index (κ2) is 11.6. The van der Waals surface area contributed by atoms with Crippen molar-refractivity contribution in [3.8, 4) is 89.1 Å². The van der Waals surface area contributed by atoms with Crippen LogP contribution < -0.4 is 0 Å². The molecular weight excluding hydrogens is 689 g/mol. The highest BCUT2D eigenvalue weighted by molar-refractivity contribution is 6.29. The molecule has 0 N–H and O–H groups in total. The lowest BCUT2D eigenvalue weighted by atomic mass is 9.82. The van der Waals surface area contributed by atoms with Gasteiger partial charge < -0.3 is 0 Å². The van der Waals surface area contributed by atoms with Crippen LogP contribution in [0.3, 0.4) is 0 Å². The molecule has 0 spiro atoms. The molecule has 3 heteroatoms. The van der Waals surface area contributed by atoms with Gasteiger partial charge in [-0.05, 0) is 100 Å². The minimum Gasteiger partial charge on any atom is -0.247 e. The molecule has 1 aromatic heterocycles. The van der Waals surface area contributed by atoms with E-state index in [4.69, 9.17) is 4.98 Å². The second-order valence-electron chi connectivity index (χ2n) is 14.8. The van der Waals surface area contributed by atoms with Gasteiger partial charge in [-0.3, -0.25) is 0 Å². The lowest BCUT2D eigenvalue weighted by molar-refractivity contribution is 0.587. The van der Waals surface area contributed by atoms with Crippen LogP contribution in [0.15, 0.2) is 176 Å². The maximum absolute atomic E-state index is 15.8. The lowest BCUT2D eigenvalue weighted by Crippen LogP contribution is -1.93. The van der Waals surface area contributed by atoms with Crippen molar-refractivity contribution in [3.63, 3.8) is 0 Å². The molecule has 0 atom stereocenters. The van der Waals surface area contributed by atoms with Gasteiger partial charge in [0.05, 0.1) is 11.2 Å². The normalized spacial score (nSPS) is 12.1. The summed E-state index contributed by atoms with van der Waals surface area (Å²) in [5.74, 6) is -1.16. The maximum Gasteiger partial charge on any atom is 0.134 e. The molecule has 0 unspecified atom stereocenters. The van der Waals surface area contributed by atoms with Gasteiger partial charge in [0.1, 0.15) is 11.6 Å². The van der Waals surface area contributed by atoms with E-state index >= 15 is 4.39 Å². The van der Waals surface area contributed by atoms with Gasteiger partial charge in [0, 0.05) is 28.1 Å². The predicted molar refractivity (Wildman–Crippen MR) is 227 cm³/mol. The highest BCUT2D eigenvalue weighted by atomic mass is 19.1. The molecule has 0 aliphatic heterocycles. The average Bonchev–Trinajstić information content (AvgIpc) is 3.75. The monoisotopic (exact) mass is 717 g/mol. The number of hydrogen-bond acceptors (Lipinski definition) is 1. The third-order valence-corrected chi connectivity index (χ3v) is 11.9. The van der Waals surface area contributed by atoms with E-state index in [1.165, 1.54) is 66.7 Å². The minimum atomic E-state index is -0.591. The van der Waals surface area contributed by atoms with Crippen LogP contribution in [0.2, 0.25) is 0 Å². The second-order valence-corrected chi connectivity index (χ2v) is 14.8. The van der Waals surface area contributed by atoms with E-state index in [-0.39, 0.29) is 0 Å². The molecule has 56 heavy (non-hydrogen) atoms. The summed E-state index contributed by atoms with van der Waals surface area (Å²) < 4.78 is 30.6. The smallest absolute Gasteiger partial charge is 0.134 e. The molecule has 260 valence electrons. The van der Waals surface area contributed by atoms with Crippen LogP contribution in [0.5, 0.6) is 0 Å². The fraction of sp³-hybridized carbons (Fsp3) is 0. The fourth-order valence-electron chi connectivity index (χ4n) is 9.64. The fourth-order valence-corrected chi connectivity index (χ4v) is 9.64. The maximum atomic E-state index is 15.8. The van der Waals surface area contributed by atoms with Crippen LogP contribution in [-0.4, -0.2) is 4.98 Å². The quantitative estimate of drug-likeness (QED) is 0.177. The largest absolute Gasteiger partial charge is 0.247 e. The first-order valence-electron chi connectivity index (χ1n) is 18.9. The van der Waals surface area contributed by atoms with Crippen molar-refractivity contribution in [2.75, 3.05) is 0 Å². The highest BCUT2D eigenvalue weighted by Crippen LogP contribution is 2.59. The number of fused-ring (bicyclic) bond motifs is 7. The van der Waals surface area contributed by atoms with E-state index in [0.717, 1.165) is 55.9 Å². The van der Waals surface area contributed by atoms with Crippen molar-refractivity contribution in [3.05, 3.63) is 188 Å². The Morgan fingerprint density at radius 3 is 1.52 bits per heavy atom. The summed E-state index contributed by atoms with van der Waals surface area (Å²) in [4.78, 5) is 5.35. The van der Waals surface area contributed by atoms with Crippen LogP contribution in [0.4, 0.5) is 8.78 Å². The third-order valence-electron chi connectivity index (χ3n) is 11.9. The topological polar surface area (TPSA) is 12.9 Å². The Labute approximate surface area is 321 Å². The van der Waals surface area contributed by atoms with Crippen LogP contribution >= 0.6 is 0 Å². The molecule has 2 aliphatic rings. The number of benzene rings is 9. The summed E-state index contributed by atoms with van der Waals surface area (Å²) in [7, 11) is 0. The lowest BCUT2D eigenvalue weighted by Gasteiger charge is -2.20. The zero-order valence-corrected chi connectivity index (χ0v) is 29.9. The van der Waals surface area contributed by atoms with Crippen LogP contribution in [0.1, 0.15) is 0 Å². The van der Waals surface area contributed by atoms with E-state index in [1.54, 1.807) is 0 Å². The van der Waals surface area contributed by atoms with Gasteiger partial charge in [-0.15, -0.1) is 0 Å². The molecule has 0 fully saturated rings. The molecule has 0 saturated carbocycles. The SMILES string of the molecule is Fc1cc(F)c2c(c1)-c1ccc(-c3ccc4c5c(cccc35)-c3c-4c(-c4ccccc4)c4ccccc4c3-c3ccccc3)c3nc(-c4ccccc4)cc-2c13. The van der Waals surface area contributed by atoms with Gasteiger partial charge in [0.15, 0.2) is 0 Å². The number of rotatable bonds is 4. The van der Waals surface area contributed by atoms with Crippen LogP contribution in [0, 0.1) is 11.6 Å². The summed E-state index contributed by atoms with van der Waals surface area (Å²) in [5.41, 5.74) is 16.7. The van der Waals surface area contributed by atoms with Crippen molar-refractivity contribution >= 4 is 32.4 Å². The Morgan fingerprint density at radius 2 is 0.857 bits per heavy atom. The summed E-state index contributed by atoms with van der Waals surface area (Å²) in [5, 5.41) is 5.60. The van der Waals surface area contributed by atoms with Crippen LogP contribution in [-0.2, 0) is 0 Å². The summed E-state index contributed by atoms with van der Waals surface area (Å²) in [6.45, 7) is 0. The van der Waals surface area contributed by atoms with Crippen molar-refractivity contribution in [2.45, 2.75) is 0 Å². The summed E-state index contributed by atoms with van der Waals surface area (Å²) >= 11 is 0. The van der Waals surface area contributed by atoms with Crippen molar-refractivity contribution in [1.29, 1.82) is 0 Å². The van der Waals surface area contributed by atoms with Crippen LogP contribution in [0.25, 0.3) is 122 Å². The zero-order chi connectivity index (χ0) is 37.1. The van der Waals surface area contributed by atoms with E-state index in [1.807, 2.05) is 42.5 Å². The first-order chi connectivity index (χ1) is 27.6.